The summed E-state index contributed by atoms with van der Waals surface area (Å²) in [5.74, 6) is 0.00243. The van der Waals surface area contributed by atoms with Crippen LogP contribution in [0.3, 0.4) is 0 Å². The fourth-order valence-electron chi connectivity index (χ4n) is 1.92. The average Bonchev–Trinajstić information content (AvgIpc) is 2.33. The Balaban J connectivity index is 2.46. The lowest BCUT2D eigenvalue weighted by atomic mass is 10.1. The van der Waals surface area contributed by atoms with Crippen molar-refractivity contribution in [1.29, 1.82) is 0 Å². The summed E-state index contributed by atoms with van der Waals surface area (Å²) in [6.45, 7) is 4.78. The Hall–Kier alpha value is -0.570. The highest BCUT2D eigenvalue weighted by molar-refractivity contribution is 5.67. The minimum atomic E-state index is -0.709. The number of carboxylic acids is 1. The summed E-state index contributed by atoms with van der Waals surface area (Å²) < 4.78 is 0. The molecule has 0 bridgehead atoms. The first-order valence-electron chi connectivity index (χ1n) is 3.92. The summed E-state index contributed by atoms with van der Waals surface area (Å²) in [6.07, 6.45) is 0.273. The lowest BCUT2D eigenvalue weighted by Crippen LogP contribution is -2.05. The van der Waals surface area contributed by atoms with Crippen LogP contribution in [-0.4, -0.2) is 17.6 Å². The van der Waals surface area contributed by atoms with Crippen molar-refractivity contribution in [2.75, 3.05) is 6.54 Å². The molecule has 64 valence electrons. The van der Waals surface area contributed by atoms with Gasteiger partial charge in [-0.3, -0.25) is 4.79 Å². The number of carboxylic acid groups (broad SMARTS) is 1. The van der Waals surface area contributed by atoms with Crippen LogP contribution in [0.1, 0.15) is 20.3 Å². The zero-order valence-electron chi connectivity index (χ0n) is 7.00. The van der Waals surface area contributed by atoms with Gasteiger partial charge in [0, 0.05) is 6.42 Å². The molecule has 0 aromatic heterocycles. The summed E-state index contributed by atoms with van der Waals surface area (Å²) in [7, 11) is 0. The monoisotopic (exact) mass is 157 g/mol. The zero-order chi connectivity index (χ0) is 8.65. The molecule has 1 aliphatic rings. The van der Waals surface area contributed by atoms with Crippen molar-refractivity contribution in [3.05, 3.63) is 0 Å². The van der Waals surface area contributed by atoms with Gasteiger partial charge in [0.2, 0.25) is 0 Å². The van der Waals surface area contributed by atoms with Crippen LogP contribution in [0.15, 0.2) is 0 Å². The Kier molecular flexibility index (Phi) is 1.92. The first-order chi connectivity index (χ1) is 5.00. The van der Waals surface area contributed by atoms with Crippen molar-refractivity contribution in [2.45, 2.75) is 20.3 Å². The van der Waals surface area contributed by atoms with E-state index in [4.69, 9.17) is 10.8 Å². The molecule has 0 aliphatic heterocycles. The van der Waals surface area contributed by atoms with E-state index in [0.29, 0.717) is 18.4 Å². The first kappa shape index (κ1) is 8.53. The smallest absolute Gasteiger partial charge is 0.303 e. The van der Waals surface area contributed by atoms with Gasteiger partial charge in [0.05, 0.1) is 0 Å². The van der Waals surface area contributed by atoms with Crippen molar-refractivity contribution in [3.63, 3.8) is 0 Å². The molecule has 0 aromatic rings. The molecule has 0 radical (unpaired) electrons. The third-order valence-corrected chi connectivity index (χ3v) is 2.94. The highest BCUT2D eigenvalue weighted by Crippen LogP contribution is 2.59. The second-order valence-electron chi connectivity index (χ2n) is 3.87. The van der Waals surface area contributed by atoms with Gasteiger partial charge >= 0.3 is 5.97 Å². The minimum absolute atomic E-state index is 0.160. The van der Waals surface area contributed by atoms with E-state index in [0.717, 1.165) is 0 Å². The standard InChI is InChI=1S/C8H15NO2/c1-8(2)5(3-7(10)11)6(8)4-9/h5-6H,3-4,9H2,1-2H3,(H,10,11)/t5-,6+/m1/s1. The normalized spacial score (nSPS) is 33.4. The lowest BCUT2D eigenvalue weighted by molar-refractivity contribution is -0.137. The Morgan fingerprint density at radius 1 is 1.55 bits per heavy atom. The molecule has 3 nitrogen and oxygen atoms in total. The van der Waals surface area contributed by atoms with Gasteiger partial charge in [-0.1, -0.05) is 13.8 Å². The maximum absolute atomic E-state index is 10.4. The molecule has 2 atom stereocenters. The molecule has 0 heterocycles. The Labute approximate surface area is 66.6 Å². The van der Waals surface area contributed by atoms with Crippen LogP contribution in [0.2, 0.25) is 0 Å². The highest BCUT2D eigenvalue weighted by Gasteiger charge is 2.56. The fourth-order valence-corrected chi connectivity index (χ4v) is 1.92. The molecule has 0 saturated heterocycles. The van der Waals surface area contributed by atoms with Crippen LogP contribution in [-0.2, 0) is 4.79 Å². The predicted molar refractivity (Wildman–Crippen MR) is 42.1 cm³/mol. The topological polar surface area (TPSA) is 63.3 Å². The molecule has 0 unspecified atom stereocenters. The molecular formula is C8H15NO2. The van der Waals surface area contributed by atoms with Crippen LogP contribution in [0.25, 0.3) is 0 Å². The number of rotatable bonds is 3. The van der Waals surface area contributed by atoms with Gasteiger partial charge in [0.25, 0.3) is 0 Å². The second-order valence-corrected chi connectivity index (χ2v) is 3.87. The van der Waals surface area contributed by atoms with Gasteiger partial charge in [-0.15, -0.1) is 0 Å². The molecule has 1 fully saturated rings. The number of hydrogen-bond donors (Lipinski definition) is 2. The minimum Gasteiger partial charge on any atom is -0.481 e. The maximum atomic E-state index is 10.4. The average molecular weight is 157 g/mol. The molecule has 1 aliphatic carbocycles. The van der Waals surface area contributed by atoms with E-state index in [1.807, 2.05) is 0 Å². The number of hydrogen-bond acceptors (Lipinski definition) is 2. The Morgan fingerprint density at radius 2 is 2.09 bits per heavy atom. The predicted octanol–water partition coefficient (Wildman–Crippen LogP) is 0.692. The van der Waals surface area contributed by atoms with Crippen LogP contribution < -0.4 is 5.73 Å². The van der Waals surface area contributed by atoms with Gasteiger partial charge in [-0.05, 0) is 23.8 Å². The SMILES string of the molecule is CC1(C)[C@H](CC(=O)O)[C@@H]1CN. The van der Waals surface area contributed by atoms with Gasteiger partial charge in [0.15, 0.2) is 0 Å². The summed E-state index contributed by atoms with van der Waals surface area (Å²) in [6, 6.07) is 0. The quantitative estimate of drug-likeness (QED) is 0.633. The van der Waals surface area contributed by atoms with E-state index in [2.05, 4.69) is 13.8 Å². The number of carbonyl (C=O) groups is 1. The van der Waals surface area contributed by atoms with Crippen molar-refractivity contribution in [1.82, 2.24) is 0 Å². The lowest BCUT2D eigenvalue weighted by Gasteiger charge is -1.98. The molecular weight excluding hydrogens is 142 g/mol. The van der Waals surface area contributed by atoms with E-state index in [9.17, 15) is 4.79 Å². The summed E-state index contributed by atoms with van der Waals surface area (Å²) in [4.78, 5) is 10.4. The zero-order valence-corrected chi connectivity index (χ0v) is 7.00. The Morgan fingerprint density at radius 3 is 2.36 bits per heavy atom. The van der Waals surface area contributed by atoms with Gasteiger partial charge in [0.1, 0.15) is 0 Å². The van der Waals surface area contributed by atoms with Crippen LogP contribution in [0.4, 0.5) is 0 Å². The van der Waals surface area contributed by atoms with Crippen molar-refractivity contribution < 1.29 is 9.90 Å². The van der Waals surface area contributed by atoms with Crippen molar-refractivity contribution in [3.8, 4) is 0 Å². The summed E-state index contributed by atoms with van der Waals surface area (Å²) in [5, 5.41) is 8.53. The van der Waals surface area contributed by atoms with Crippen LogP contribution in [0.5, 0.6) is 0 Å². The summed E-state index contributed by atoms with van der Waals surface area (Å²) in [5.41, 5.74) is 5.64. The highest BCUT2D eigenvalue weighted by atomic mass is 16.4. The molecule has 1 saturated carbocycles. The van der Waals surface area contributed by atoms with Crippen molar-refractivity contribution >= 4 is 5.97 Å². The molecule has 3 N–H and O–H groups in total. The molecule has 0 amide bonds. The molecule has 0 spiro atoms. The largest absolute Gasteiger partial charge is 0.481 e. The van der Waals surface area contributed by atoms with E-state index in [1.54, 1.807) is 0 Å². The van der Waals surface area contributed by atoms with Crippen LogP contribution in [0, 0.1) is 17.3 Å². The van der Waals surface area contributed by atoms with E-state index in [1.165, 1.54) is 0 Å². The van der Waals surface area contributed by atoms with Crippen LogP contribution >= 0.6 is 0 Å². The molecule has 0 aromatic carbocycles. The van der Waals surface area contributed by atoms with Gasteiger partial charge in [-0.25, -0.2) is 0 Å². The third kappa shape index (κ3) is 1.38. The Bertz CT molecular complexity index is 177. The van der Waals surface area contributed by atoms with Crippen molar-refractivity contribution in [2.24, 2.45) is 23.0 Å². The van der Waals surface area contributed by atoms with Gasteiger partial charge < -0.3 is 10.8 Å². The molecule has 1 rings (SSSR count). The molecule has 3 heteroatoms. The fraction of sp³-hybridized carbons (Fsp3) is 0.875. The molecule has 11 heavy (non-hydrogen) atoms. The van der Waals surface area contributed by atoms with Gasteiger partial charge in [-0.2, -0.15) is 0 Å². The van der Waals surface area contributed by atoms with E-state index < -0.39 is 5.97 Å². The number of nitrogens with two attached hydrogens (primary N) is 1. The number of aliphatic carboxylic acids is 1. The second kappa shape index (κ2) is 2.48. The summed E-state index contributed by atoms with van der Waals surface area (Å²) >= 11 is 0. The third-order valence-electron chi connectivity index (χ3n) is 2.94. The van der Waals surface area contributed by atoms with E-state index >= 15 is 0 Å². The first-order valence-corrected chi connectivity index (χ1v) is 3.92. The maximum Gasteiger partial charge on any atom is 0.303 e. The van der Waals surface area contributed by atoms with E-state index in [-0.39, 0.29) is 11.8 Å².